The number of halogens is 1. The van der Waals surface area contributed by atoms with Crippen LogP contribution < -0.4 is 5.32 Å². The third-order valence-electron chi connectivity index (χ3n) is 4.18. The number of nitrogens with zero attached hydrogens (tertiary/aromatic N) is 2. The number of aromatic nitrogens is 1. The molecule has 1 saturated heterocycles. The third kappa shape index (κ3) is 3.86. The van der Waals surface area contributed by atoms with Crippen LogP contribution in [0.25, 0.3) is 0 Å². The molecule has 0 aromatic carbocycles. The molecule has 1 fully saturated rings. The number of anilines is 1. The van der Waals surface area contributed by atoms with E-state index in [2.05, 4.69) is 36.0 Å². The van der Waals surface area contributed by atoms with Crippen molar-refractivity contribution in [2.45, 2.75) is 65.1 Å². The van der Waals surface area contributed by atoms with Crippen molar-refractivity contribution < 1.29 is 0 Å². The Morgan fingerprint density at radius 2 is 2.00 bits per heavy atom. The Kier molecular flexibility index (Phi) is 5.67. The smallest absolute Gasteiger partial charge is 0.126 e. The third-order valence-corrected chi connectivity index (χ3v) is 4.53. The van der Waals surface area contributed by atoms with Crippen LogP contribution in [0.5, 0.6) is 0 Å². The molecule has 3 nitrogen and oxygen atoms in total. The molecule has 2 rings (SSSR count). The van der Waals surface area contributed by atoms with E-state index in [-0.39, 0.29) is 0 Å². The van der Waals surface area contributed by atoms with E-state index in [0.717, 1.165) is 36.0 Å². The number of rotatable bonds is 5. The fourth-order valence-corrected chi connectivity index (χ4v) is 3.07. The second-order valence-electron chi connectivity index (χ2n) is 5.85. The predicted octanol–water partition coefficient (Wildman–Crippen LogP) is 4.32. The van der Waals surface area contributed by atoms with Crippen LogP contribution >= 0.6 is 11.6 Å². The van der Waals surface area contributed by atoms with E-state index in [0.29, 0.717) is 12.1 Å². The maximum absolute atomic E-state index is 6.33. The average Bonchev–Trinajstić information content (AvgIpc) is 2.43. The molecule has 0 bridgehead atoms. The first-order valence-electron chi connectivity index (χ1n) is 7.76. The highest BCUT2D eigenvalue weighted by molar-refractivity contribution is 6.31. The molecule has 20 heavy (non-hydrogen) atoms. The standard InChI is InChI=1S/C16H26ClN3/c1-4-10-18-16-9-8-14(17)15(19-16)11-20-12(2)6-5-7-13(20)3/h8-9,12-13H,4-7,10-11H2,1-3H3,(H,18,19)/t12-,13+. The van der Waals surface area contributed by atoms with Gasteiger partial charge in [0.25, 0.3) is 0 Å². The van der Waals surface area contributed by atoms with Crippen LogP contribution in [0.1, 0.15) is 52.1 Å². The normalized spacial score (nSPS) is 23.8. The van der Waals surface area contributed by atoms with Crippen LogP contribution in [0, 0.1) is 0 Å². The predicted molar refractivity (Wildman–Crippen MR) is 86.3 cm³/mol. The second-order valence-corrected chi connectivity index (χ2v) is 6.26. The molecule has 0 spiro atoms. The van der Waals surface area contributed by atoms with Crippen molar-refractivity contribution in [3.63, 3.8) is 0 Å². The quantitative estimate of drug-likeness (QED) is 0.877. The van der Waals surface area contributed by atoms with Gasteiger partial charge in [-0.15, -0.1) is 0 Å². The maximum Gasteiger partial charge on any atom is 0.126 e. The molecule has 1 aromatic heterocycles. The lowest BCUT2D eigenvalue weighted by Crippen LogP contribution is -2.43. The van der Waals surface area contributed by atoms with Gasteiger partial charge in [0.2, 0.25) is 0 Å². The summed E-state index contributed by atoms with van der Waals surface area (Å²) in [5.74, 6) is 0.934. The Bertz CT molecular complexity index is 426. The molecule has 0 amide bonds. The van der Waals surface area contributed by atoms with Crippen molar-refractivity contribution in [1.29, 1.82) is 0 Å². The van der Waals surface area contributed by atoms with Gasteiger partial charge in [0.15, 0.2) is 0 Å². The Balaban J connectivity index is 2.10. The SMILES string of the molecule is CCCNc1ccc(Cl)c(CN2[C@H](C)CCC[C@@H]2C)n1. The summed E-state index contributed by atoms with van der Waals surface area (Å²) >= 11 is 6.33. The number of hydrogen-bond donors (Lipinski definition) is 1. The van der Waals surface area contributed by atoms with Gasteiger partial charge < -0.3 is 5.32 Å². The van der Waals surface area contributed by atoms with Crippen molar-refractivity contribution in [2.75, 3.05) is 11.9 Å². The molecule has 0 aliphatic carbocycles. The van der Waals surface area contributed by atoms with Crippen LogP contribution in [0.15, 0.2) is 12.1 Å². The average molecular weight is 296 g/mol. The van der Waals surface area contributed by atoms with Crippen LogP contribution in [-0.2, 0) is 6.54 Å². The van der Waals surface area contributed by atoms with Gasteiger partial charge in [-0.1, -0.05) is 24.9 Å². The van der Waals surface area contributed by atoms with Crippen molar-refractivity contribution in [3.8, 4) is 0 Å². The lowest BCUT2D eigenvalue weighted by atomic mass is 9.97. The first-order chi connectivity index (χ1) is 9.61. The molecule has 112 valence electrons. The van der Waals surface area contributed by atoms with Crippen molar-refractivity contribution in [3.05, 3.63) is 22.8 Å². The zero-order valence-corrected chi connectivity index (χ0v) is 13.6. The van der Waals surface area contributed by atoms with E-state index in [4.69, 9.17) is 11.6 Å². The lowest BCUT2D eigenvalue weighted by Gasteiger charge is -2.38. The minimum absolute atomic E-state index is 0.615. The van der Waals surface area contributed by atoms with E-state index < -0.39 is 0 Å². The number of hydrogen-bond acceptors (Lipinski definition) is 3. The number of nitrogens with one attached hydrogen (secondary N) is 1. The Hall–Kier alpha value is -0.800. The largest absolute Gasteiger partial charge is 0.370 e. The van der Waals surface area contributed by atoms with Gasteiger partial charge in [0.05, 0.1) is 10.7 Å². The van der Waals surface area contributed by atoms with E-state index in [9.17, 15) is 0 Å². The van der Waals surface area contributed by atoms with Crippen LogP contribution in [0.4, 0.5) is 5.82 Å². The monoisotopic (exact) mass is 295 g/mol. The lowest BCUT2D eigenvalue weighted by molar-refractivity contribution is 0.0939. The summed E-state index contributed by atoms with van der Waals surface area (Å²) < 4.78 is 0. The zero-order valence-electron chi connectivity index (χ0n) is 12.8. The molecular weight excluding hydrogens is 270 g/mol. The first kappa shape index (κ1) is 15.6. The number of piperidine rings is 1. The molecule has 2 atom stereocenters. The molecule has 0 unspecified atom stereocenters. The minimum atomic E-state index is 0.615. The first-order valence-corrected chi connectivity index (χ1v) is 8.14. The van der Waals surface area contributed by atoms with Crippen LogP contribution in [0.3, 0.4) is 0 Å². The Morgan fingerprint density at radius 1 is 1.30 bits per heavy atom. The second kappa shape index (κ2) is 7.28. The molecule has 2 heterocycles. The number of pyridine rings is 1. The van der Waals surface area contributed by atoms with E-state index in [1.807, 2.05) is 12.1 Å². The van der Waals surface area contributed by atoms with Crippen molar-refractivity contribution in [1.82, 2.24) is 9.88 Å². The Labute approximate surface area is 127 Å². The van der Waals surface area contributed by atoms with Crippen LogP contribution in [-0.4, -0.2) is 28.5 Å². The fourth-order valence-electron chi connectivity index (χ4n) is 2.91. The topological polar surface area (TPSA) is 28.2 Å². The highest BCUT2D eigenvalue weighted by atomic mass is 35.5. The van der Waals surface area contributed by atoms with Gasteiger partial charge in [0.1, 0.15) is 5.82 Å². The molecule has 0 radical (unpaired) electrons. The summed E-state index contributed by atoms with van der Waals surface area (Å²) in [6, 6.07) is 5.15. The minimum Gasteiger partial charge on any atom is -0.370 e. The van der Waals surface area contributed by atoms with E-state index in [1.165, 1.54) is 19.3 Å². The summed E-state index contributed by atoms with van der Waals surface area (Å²) in [4.78, 5) is 7.22. The number of likely N-dealkylation sites (tertiary alicyclic amines) is 1. The van der Waals surface area contributed by atoms with Gasteiger partial charge in [-0.05, 0) is 45.2 Å². The van der Waals surface area contributed by atoms with E-state index in [1.54, 1.807) is 0 Å². The summed E-state index contributed by atoms with van der Waals surface area (Å²) in [5.41, 5.74) is 0.994. The highest BCUT2D eigenvalue weighted by Gasteiger charge is 2.25. The summed E-state index contributed by atoms with van der Waals surface area (Å²) in [6.45, 7) is 8.57. The van der Waals surface area contributed by atoms with Gasteiger partial charge in [-0.2, -0.15) is 0 Å². The summed E-state index contributed by atoms with van der Waals surface area (Å²) in [7, 11) is 0. The highest BCUT2D eigenvalue weighted by Crippen LogP contribution is 2.26. The molecule has 1 aliphatic heterocycles. The molecular formula is C16H26ClN3. The molecule has 0 saturated carbocycles. The van der Waals surface area contributed by atoms with Gasteiger partial charge in [0, 0.05) is 25.2 Å². The molecule has 4 heteroatoms. The van der Waals surface area contributed by atoms with Crippen molar-refractivity contribution >= 4 is 17.4 Å². The summed E-state index contributed by atoms with van der Waals surface area (Å²) in [6.07, 6.45) is 4.98. The molecule has 1 aromatic rings. The maximum atomic E-state index is 6.33. The van der Waals surface area contributed by atoms with Crippen LogP contribution in [0.2, 0.25) is 5.02 Å². The Morgan fingerprint density at radius 3 is 2.65 bits per heavy atom. The van der Waals surface area contributed by atoms with Crippen molar-refractivity contribution in [2.24, 2.45) is 0 Å². The van der Waals surface area contributed by atoms with E-state index >= 15 is 0 Å². The van der Waals surface area contributed by atoms with Gasteiger partial charge in [-0.25, -0.2) is 4.98 Å². The summed E-state index contributed by atoms with van der Waals surface area (Å²) in [5, 5.41) is 4.11. The molecule has 1 aliphatic rings. The zero-order chi connectivity index (χ0) is 14.5. The van der Waals surface area contributed by atoms with Gasteiger partial charge >= 0.3 is 0 Å². The van der Waals surface area contributed by atoms with Gasteiger partial charge in [-0.3, -0.25) is 4.90 Å². The molecule has 1 N–H and O–H groups in total. The fraction of sp³-hybridized carbons (Fsp3) is 0.688.